The van der Waals surface area contributed by atoms with Crippen LogP contribution < -0.4 is 30.2 Å². The van der Waals surface area contributed by atoms with Gasteiger partial charge in [-0.05, 0) is 73.4 Å². The maximum atomic E-state index is 14.7. The molecule has 3 aliphatic rings. The number of fused-ring (bicyclic) bond motifs is 2. The van der Waals surface area contributed by atoms with Gasteiger partial charge in [0.05, 0.1) is 14.2 Å². The van der Waals surface area contributed by atoms with Crippen LogP contribution in [0.3, 0.4) is 0 Å². The van der Waals surface area contributed by atoms with Crippen molar-refractivity contribution in [3.63, 3.8) is 0 Å². The van der Waals surface area contributed by atoms with Crippen LogP contribution in [-0.2, 0) is 48.0 Å². The summed E-state index contributed by atoms with van der Waals surface area (Å²) in [5, 5.41) is 8.29. The summed E-state index contributed by atoms with van der Waals surface area (Å²) >= 11 is 0. The van der Waals surface area contributed by atoms with Crippen LogP contribution in [0.5, 0.6) is 23.0 Å². The van der Waals surface area contributed by atoms with Crippen molar-refractivity contribution in [2.24, 2.45) is 0 Å². The molecule has 3 heterocycles. The lowest BCUT2D eigenvalue weighted by atomic mass is 9.98. The summed E-state index contributed by atoms with van der Waals surface area (Å²) in [4.78, 5) is 88.8. The normalized spacial score (nSPS) is 24.1. The van der Waals surface area contributed by atoms with Crippen molar-refractivity contribution in [2.75, 3.05) is 35.4 Å². The smallest absolute Gasteiger partial charge is 0.246 e. The molecule has 0 saturated carbocycles. The molecule has 15 heteroatoms. The highest BCUT2D eigenvalue weighted by molar-refractivity contribution is 5.98. The number of likely N-dealkylation sites (N-methyl/N-ethyl adjacent to an activating group) is 3. The number of hydrogen-bond donors (Lipinski definition) is 3. The zero-order valence-corrected chi connectivity index (χ0v) is 33.7. The summed E-state index contributed by atoms with van der Waals surface area (Å²) in [5.74, 6) is -1.56. The Labute approximate surface area is 333 Å². The Hall–Kier alpha value is -6.12. The Balaban J connectivity index is 1.59. The van der Waals surface area contributed by atoms with Crippen molar-refractivity contribution in [1.29, 1.82) is 0 Å². The Kier molecular flexibility index (Phi) is 13.4. The van der Waals surface area contributed by atoms with E-state index in [0.29, 0.717) is 39.7 Å². The maximum absolute atomic E-state index is 14.7. The highest BCUT2D eigenvalue weighted by Crippen LogP contribution is 2.34. The molecule has 0 radical (unpaired) electrons. The average molecular weight is 785 g/mol. The minimum atomic E-state index is -1.16. The van der Waals surface area contributed by atoms with Gasteiger partial charge >= 0.3 is 0 Å². The number of ether oxygens (including phenoxy) is 3. The van der Waals surface area contributed by atoms with Gasteiger partial charge in [0, 0.05) is 40.4 Å². The zero-order chi connectivity index (χ0) is 41.6. The largest absolute Gasteiger partial charge is 0.497 e. The zero-order valence-electron chi connectivity index (χ0n) is 33.7. The molecule has 0 unspecified atom stereocenters. The van der Waals surface area contributed by atoms with Crippen molar-refractivity contribution in [1.82, 2.24) is 30.7 Å². The number of amides is 6. The van der Waals surface area contributed by atoms with Crippen LogP contribution in [0.25, 0.3) is 0 Å². The summed E-state index contributed by atoms with van der Waals surface area (Å²) in [6.45, 7) is 4.71. The van der Waals surface area contributed by atoms with Crippen LogP contribution in [0.2, 0.25) is 0 Å². The van der Waals surface area contributed by atoms with E-state index >= 15 is 0 Å². The quantitative estimate of drug-likeness (QED) is 0.351. The summed E-state index contributed by atoms with van der Waals surface area (Å²) in [7, 11) is 7.48. The van der Waals surface area contributed by atoms with Crippen molar-refractivity contribution in [3.05, 3.63) is 83.4 Å². The second-order valence-corrected chi connectivity index (χ2v) is 14.5. The van der Waals surface area contributed by atoms with Gasteiger partial charge in [-0.1, -0.05) is 37.3 Å². The van der Waals surface area contributed by atoms with E-state index in [-0.39, 0.29) is 25.7 Å². The molecule has 3 N–H and O–H groups in total. The van der Waals surface area contributed by atoms with Crippen molar-refractivity contribution in [2.45, 2.75) is 82.7 Å². The number of nitrogens with zero attached hydrogens (tertiary/aromatic N) is 3. The number of methoxy groups -OCH3 is 2. The first-order valence-corrected chi connectivity index (χ1v) is 18.9. The van der Waals surface area contributed by atoms with Gasteiger partial charge in [0.25, 0.3) is 0 Å². The average Bonchev–Trinajstić information content (AvgIpc) is 3.21. The minimum Gasteiger partial charge on any atom is -0.497 e. The van der Waals surface area contributed by atoms with Gasteiger partial charge in [-0.3, -0.25) is 28.8 Å². The van der Waals surface area contributed by atoms with E-state index < -0.39 is 71.7 Å². The summed E-state index contributed by atoms with van der Waals surface area (Å²) in [5.41, 5.74) is 2.04. The van der Waals surface area contributed by atoms with Crippen LogP contribution in [0.4, 0.5) is 0 Å². The van der Waals surface area contributed by atoms with E-state index in [1.165, 1.54) is 63.9 Å². The maximum Gasteiger partial charge on any atom is 0.246 e. The molecule has 3 aliphatic heterocycles. The Morgan fingerprint density at radius 3 is 1.84 bits per heavy atom. The standard InChI is InChI=1S/C42H52N6O9/c1-9-31-37(49)43-24(2)40(52)46(4)32(20-26-10-15-29(55-7)16-11-26)38(50)44-25(3)41(53)48(6)34-21-27-12-17-30(18-13-27)57-36-23-28(14-19-35(36)56-8)22-33(39(51)45-31)47(5)42(34)54/h10-19,23-25,31-34H,9,20-22H2,1-8H3,(H,43,49)(H,44,50)(H,45,51)/t24-,25-,31+,32-,33-,34-/m0/s1. The summed E-state index contributed by atoms with van der Waals surface area (Å²) in [6, 6.07) is 12.6. The number of hydrogen-bond acceptors (Lipinski definition) is 9. The van der Waals surface area contributed by atoms with Gasteiger partial charge in [0.2, 0.25) is 35.4 Å². The molecule has 0 aliphatic carbocycles. The third-order valence-corrected chi connectivity index (χ3v) is 10.7. The molecule has 6 atom stereocenters. The first-order chi connectivity index (χ1) is 27.1. The molecule has 15 nitrogen and oxygen atoms in total. The lowest BCUT2D eigenvalue weighted by Crippen LogP contribution is -2.61. The third-order valence-electron chi connectivity index (χ3n) is 10.7. The number of carbonyl (C=O) groups is 6. The van der Waals surface area contributed by atoms with E-state index in [1.807, 2.05) is 0 Å². The summed E-state index contributed by atoms with van der Waals surface area (Å²) in [6.07, 6.45) is 0.307. The van der Waals surface area contributed by atoms with E-state index in [0.717, 1.165) is 0 Å². The number of rotatable bonds is 5. The lowest BCUT2D eigenvalue weighted by Gasteiger charge is -2.37. The molecular formula is C42H52N6O9. The SMILES string of the molecule is CC[C@H]1NC(=O)[C@@H]2Cc3ccc(OC)c(c3)Oc3ccc(cc3)C[C@@H](C(=O)N2C)N(C)C(=O)[C@H](C)NC(=O)[C@H](Cc2ccc(OC)cc2)N(C)C(=O)[C@H](C)NC1=O. The monoisotopic (exact) mass is 784 g/mol. The van der Waals surface area contributed by atoms with Crippen LogP contribution >= 0.6 is 0 Å². The first kappa shape index (κ1) is 42.0. The van der Waals surface area contributed by atoms with Gasteiger partial charge < -0.3 is 44.9 Å². The van der Waals surface area contributed by atoms with Crippen LogP contribution in [0, 0.1) is 0 Å². The Bertz CT molecular complexity index is 1970. The molecule has 304 valence electrons. The van der Waals surface area contributed by atoms with Crippen molar-refractivity contribution < 1.29 is 43.0 Å². The van der Waals surface area contributed by atoms with E-state index in [2.05, 4.69) is 16.0 Å². The molecular weight excluding hydrogens is 732 g/mol. The van der Waals surface area contributed by atoms with Gasteiger partial charge in [0.1, 0.15) is 47.8 Å². The fraction of sp³-hybridized carbons (Fsp3) is 0.429. The number of benzene rings is 3. The minimum absolute atomic E-state index is 0.0101. The third kappa shape index (κ3) is 9.65. The molecule has 6 amide bonds. The number of carbonyl (C=O) groups excluding carboxylic acids is 6. The molecule has 1 saturated heterocycles. The number of nitrogens with one attached hydrogen (secondary N) is 3. The molecule has 6 bridgehead atoms. The Morgan fingerprint density at radius 1 is 0.649 bits per heavy atom. The van der Waals surface area contributed by atoms with E-state index in [1.54, 1.807) is 73.7 Å². The molecule has 1 fully saturated rings. The molecule has 6 rings (SSSR count). The summed E-state index contributed by atoms with van der Waals surface area (Å²) < 4.78 is 17.0. The molecule has 0 aromatic heterocycles. The van der Waals surface area contributed by atoms with Crippen molar-refractivity contribution in [3.8, 4) is 23.0 Å². The topological polar surface area (TPSA) is 176 Å². The lowest BCUT2D eigenvalue weighted by molar-refractivity contribution is -0.149. The van der Waals surface area contributed by atoms with Crippen LogP contribution in [-0.4, -0.2) is 122 Å². The fourth-order valence-corrected chi connectivity index (χ4v) is 7.06. The van der Waals surface area contributed by atoms with Gasteiger partial charge in [0.15, 0.2) is 11.5 Å². The predicted octanol–water partition coefficient (Wildman–Crippen LogP) is 2.24. The first-order valence-electron chi connectivity index (χ1n) is 18.9. The second kappa shape index (κ2) is 18.2. The van der Waals surface area contributed by atoms with E-state index in [4.69, 9.17) is 14.2 Å². The van der Waals surface area contributed by atoms with Crippen LogP contribution in [0.15, 0.2) is 66.7 Å². The van der Waals surface area contributed by atoms with Gasteiger partial charge in [-0.25, -0.2) is 0 Å². The van der Waals surface area contributed by atoms with E-state index in [9.17, 15) is 28.8 Å². The fourth-order valence-electron chi connectivity index (χ4n) is 7.06. The second-order valence-electron chi connectivity index (χ2n) is 14.5. The van der Waals surface area contributed by atoms with Gasteiger partial charge in [-0.15, -0.1) is 0 Å². The van der Waals surface area contributed by atoms with Gasteiger partial charge in [-0.2, -0.15) is 0 Å². The van der Waals surface area contributed by atoms with Crippen LogP contribution in [0.1, 0.15) is 43.9 Å². The highest BCUT2D eigenvalue weighted by Gasteiger charge is 2.39. The Morgan fingerprint density at radius 2 is 1.23 bits per heavy atom. The molecule has 0 spiro atoms. The highest BCUT2D eigenvalue weighted by atomic mass is 16.5. The van der Waals surface area contributed by atoms with Crippen molar-refractivity contribution >= 4 is 35.4 Å². The molecule has 57 heavy (non-hydrogen) atoms. The molecule has 3 aromatic carbocycles. The predicted molar refractivity (Wildman–Crippen MR) is 211 cm³/mol. The molecule has 3 aromatic rings.